The molecule has 1 aromatic carbocycles. The monoisotopic (exact) mass is 291 g/mol. The summed E-state index contributed by atoms with van der Waals surface area (Å²) < 4.78 is 13.3. The molecule has 0 atom stereocenters. The highest BCUT2D eigenvalue weighted by Crippen LogP contribution is 2.20. The number of anilines is 1. The minimum Gasteiger partial charge on any atom is -0.321 e. The van der Waals surface area contributed by atoms with Crippen molar-refractivity contribution < 1.29 is 9.18 Å². The Labute approximate surface area is 89.0 Å². The van der Waals surface area contributed by atoms with Crippen LogP contribution in [0.3, 0.4) is 0 Å². The first-order chi connectivity index (χ1) is 6.15. The Morgan fingerprint density at radius 3 is 2.92 bits per heavy atom. The number of hydrogen-bond acceptors (Lipinski definition) is 1. The van der Waals surface area contributed by atoms with E-state index in [1.807, 2.05) is 22.6 Å². The van der Waals surface area contributed by atoms with Gasteiger partial charge in [-0.15, -0.1) is 0 Å². The Bertz CT molecular complexity index is 351. The van der Waals surface area contributed by atoms with Crippen LogP contribution in [0.25, 0.3) is 0 Å². The zero-order chi connectivity index (χ0) is 9.84. The maximum Gasteiger partial charge on any atom is 0.247 e. The number of amides is 1. The molecule has 68 valence electrons. The van der Waals surface area contributed by atoms with Crippen molar-refractivity contribution in [2.75, 3.05) is 5.32 Å². The van der Waals surface area contributed by atoms with Crippen molar-refractivity contribution in [3.05, 3.63) is 40.2 Å². The van der Waals surface area contributed by atoms with Crippen LogP contribution < -0.4 is 5.32 Å². The van der Waals surface area contributed by atoms with Crippen LogP contribution in [0, 0.1) is 9.39 Å². The number of benzene rings is 1. The maximum atomic E-state index is 12.9. The van der Waals surface area contributed by atoms with E-state index < -0.39 is 0 Å². The average Bonchev–Trinajstić information content (AvgIpc) is 2.13. The minimum atomic E-state index is -0.345. The average molecular weight is 291 g/mol. The summed E-state index contributed by atoms with van der Waals surface area (Å²) in [5.74, 6) is -0.689. The molecule has 0 bridgehead atoms. The molecule has 4 heteroatoms. The first kappa shape index (κ1) is 10.2. The van der Waals surface area contributed by atoms with Crippen LogP contribution in [0.1, 0.15) is 0 Å². The topological polar surface area (TPSA) is 29.1 Å². The van der Waals surface area contributed by atoms with Gasteiger partial charge in [-0.25, -0.2) is 4.39 Å². The first-order valence-corrected chi connectivity index (χ1v) is 4.60. The number of hydrogen-bond donors (Lipinski definition) is 1. The van der Waals surface area contributed by atoms with E-state index >= 15 is 0 Å². The van der Waals surface area contributed by atoms with Crippen molar-refractivity contribution in [2.24, 2.45) is 0 Å². The molecule has 13 heavy (non-hydrogen) atoms. The predicted octanol–water partition coefficient (Wildman–Crippen LogP) is 2.55. The molecule has 0 spiro atoms. The Kier molecular flexibility index (Phi) is 3.41. The van der Waals surface area contributed by atoms with Crippen LogP contribution in [0.2, 0.25) is 0 Å². The van der Waals surface area contributed by atoms with E-state index in [1.54, 1.807) is 6.07 Å². The van der Waals surface area contributed by atoms with Gasteiger partial charge in [0.2, 0.25) is 5.91 Å². The van der Waals surface area contributed by atoms with E-state index in [0.29, 0.717) is 9.26 Å². The normalized spacial score (nSPS) is 9.38. The highest BCUT2D eigenvalue weighted by atomic mass is 127. The highest BCUT2D eigenvalue weighted by molar-refractivity contribution is 14.1. The summed E-state index contributed by atoms with van der Waals surface area (Å²) >= 11 is 1.83. The van der Waals surface area contributed by atoms with Gasteiger partial charge in [-0.05, 0) is 40.8 Å². The van der Waals surface area contributed by atoms with E-state index in [4.69, 9.17) is 0 Å². The van der Waals surface area contributed by atoms with E-state index in [-0.39, 0.29) is 11.7 Å². The zero-order valence-corrected chi connectivity index (χ0v) is 8.84. The van der Waals surface area contributed by atoms with Crippen LogP contribution in [0.5, 0.6) is 0 Å². The lowest BCUT2D eigenvalue weighted by molar-refractivity contribution is -0.111. The minimum absolute atomic E-state index is 0.344. The molecule has 2 nitrogen and oxygen atoms in total. The van der Waals surface area contributed by atoms with Crippen LogP contribution in [0.4, 0.5) is 10.1 Å². The molecule has 0 aliphatic heterocycles. The molecule has 0 saturated carbocycles. The number of rotatable bonds is 2. The maximum absolute atomic E-state index is 12.9. The van der Waals surface area contributed by atoms with Crippen LogP contribution in [0.15, 0.2) is 30.9 Å². The molecule has 0 aliphatic carbocycles. The smallest absolute Gasteiger partial charge is 0.247 e. The van der Waals surface area contributed by atoms with E-state index in [1.165, 1.54) is 12.1 Å². The molecule has 1 N–H and O–H groups in total. The summed E-state index contributed by atoms with van der Waals surface area (Å²) in [6.45, 7) is 3.30. The van der Waals surface area contributed by atoms with E-state index in [0.717, 1.165) is 6.08 Å². The molecule has 1 rings (SSSR count). The third-order valence-corrected chi connectivity index (χ3v) is 2.49. The van der Waals surface area contributed by atoms with Gasteiger partial charge in [0.25, 0.3) is 0 Å². The lowest BCUT2D eigenvalue weighted by Gasteiger charge is -2.04. The lowest BCUT2D eigenvalue weighted by Crippen LogP contribution is -2.08. The van der Waals surface area contributed by atoms with Gasteiger partial charge >= 0.3 is 0 Å². The second-order valence-corrected chi connectivity index (χ2v) is 3.37. The van der Waals surface area contributed by atoms with Crippen molar-refractivity contribution in [2.45, 2.75) is 0 Å². The quantitative estimate of drug-likeness (QED) is 0.658. The highest BCUT2D eigenvalue weighted by Gasteiger charge is 2.05. The number of halogens is 2. The summed E-state index contributed by atoms with van der Waals surface area (Å²) in [4.78, 5) is 10.9. The zero-order valence-electron chi connectivity index (χ0n) is 6.68. The Morgan fingerprint density at radius 1 is 1.62 bits per heavy atom. The van der Waals surface area contributed by atoms with Crippen LogP contribution in [-0.2, 0) is 4.79 Å². The van der Waals surface area contributed by atoms with Gasteiger partial charge < -0.3 is 5.32 Å². The Morgan fingerprint density at radius 2 is 2.31 bits per heavy atom. The molecule has 0 fully saturated rings. The predicted molar refractivity (Wildman–Crippen MR) is 57.9 cm³/mol. The largest absolute Gasteiger partial charge is 0.321 e. The first-order valence-electron chi connectivity index (χ1n) is 3.52. The molecule has 0 unspecified atom stereocenters. The van der Waals surface area contributed by atoms with Gasteiger partial charge in [-0.3, -0.25) is 4.79 Å². The SMILES string of the molecule is C=CC(=O)Nc1cccc(F)c1I. The van der Waals surface area contributed by atoms with Gasteiger partial charge in [0, 0.05) is 0 Å². The second-order valence-electron chi connectivity index (χ2n) is 2.29. The molecular formula is C9H7FINO. The number of nitrogens with one attached hydrogen (secondary N) is 1. The number of carbonyl (C=O) groups is 1. The summed E-state index contributed by atoms with van der Waals surface area (Å²) in [5, 5.41) is 2.50. The van der Waals surface area contributed by atoms with Crippen molar-refractivity contribution in [3.63, 3.8) is 0 Å². The lowest BCUT2D eigenvalue weighted by atomic mass is 10.3. The third kappa shape index (κ3) is 2.51. The van der Waals surface area contributed by atoms with Crippen molar-refractivity contribution in [1.82, 2.24) is 0 Å². The van der Waals surface area contributed by atoms with E-state index in [2.05, 4.69) is 11.9 Å². The molecule has 1 aromatic rings. The molecule has 0 aliphatic rings. The standard InChI is InChI=1S/C9H7FINO/c1-2-8(13)12-7-5-3-4-6(10)9(7)11/h2-5H,1H2,(H,12,13). The van der Waals surface area contributed by atoms with Gasteiger partial charge in [-0.2, -0.15) is 0 Å². The molecule has 0 aromatic heterocycles. The third-order valence-electron chi connectivity index (χ3n) is 1.39. The summed E-state index contributed by atoms with van der Waals surface area (Å²) in [6.07, 6.45) is 1.14. The van der Waals surface area contributed by atoms with Gasteiger partial charge in [0.15, 0.2) is 0 Å². The van der Waals surface area contributed by atoms with Gasteiger partial charge in [-0.1, -0.05) is 12.6 Å². The van der Waals surface area contributed by atoms with Crippen LogP contribution >= 0.6 is 22.6 Å². The second kappa shape index (κ2) is 4.36. The molecule has 1 amide bonds. The fraction of sp³-hybridized carbons (Fsp3) is 0. The van der Waals surface area contributed by atoms with Crippen molar-refractivity contribution in [1.29, 1.82) is 0 Å². The van der Waals surface area contributed by atoms with Gasteiger partial charge in [0.05, 0.1) is 9.26 Å². The van der Waals surface area contributed by atoms with Crippen molar-refractivity contribution in [3.8, 4) is 0 Å². The Hall–Kier alpha value is -0.910. The molecule has 0 heterocycles. The van der Waals surface area contributed by atoms with E-state index in [9.17, 15) is 9.18 Å². The molecule has 0 saturated heterocycles. The summed E-state index contributed by atoms with van der Waals surface area (Å²) in [5.41, 5.74) is 0.463. The van der Waals surface area contributed by atoms with Crippen molar-refractivity contribution >= 4 is 34.2 Å². The number of carbonyl (C=O) groups excluding carboxylic acids is 1. The fourth-order valence-electron chi connectivity index (χ4n) is 0.784. The Balaban J connectivity index is 2.95. The summed E-state index contributed by atoms with van der Waals surface area (Å²) in [6, 6.07) is 4.51. The van der Waals surface area contributed by atoms with Crippen LogP contribution in [-0.4, -0.2) is 5.91 Å². The van der Waals surface area contributed by atoms with Gasteiger partial charge in [0.1, 0.15) is 5.82 Å². The molecule has 0 radical (unpaired) electrons. The molecular weight excluding hydrogens is 284 g/mol. The summed E-state index contributed by atoms with van der Waals surface area (Å²) in [7, 11) is 0. The fourth-order valence-corrected chi connectivity index (χ4v) is 1.28.